The standard InChI is InChI=1S/C17H27N3O4S/c1-12-8-14(24-4)6-7-15(12)17(21)18-16-11-20(25(5,22)23)10-13(16)9-19(2)3/h6-8,13,16H,9-11H2,1-5H3,(H,18,21)/t13-,16-/m1/s1. The second-order valence-corrected chi connectivity index (χ2v) is 8.85. The van der Waals surface area contributed by atoms with Crippen LogP contribution in [0.5, 0.6) is 5.75 Å². The predicted molar refractivity (Wildman–Crippen MR) is 97.4 cm³/mol. The summed E-state index contributed by atoms with van der Waals surface area (Å²) in [5, 5.41) is 3.02. The highest BCUT2D eigenvalue weighted by atomic mass is 32.2. The zero-order valence-corrected chi connectivity index (χ0v) is 16.3. The first-order valence-electron chi connectivity index (χ1n) is 8.17. The van der Waals surface area contributed by atoms with Gasteiger partial charge in [-0.25, -0.2) is 8.42 Å². The van der Waals surface area contributed by atoms with Gasteiger partial charge < -0.3 is 15.0 Å². The van der Waals surface area contributed by atoms with Gasteiger partial charge in [0.15, 0.2) is 0 Å². The second kappa shape index (κ2) is 7.72. The van der Waals surface area contributed by atoms with Crippen molar-refractivity contribution >= 4 is 15.9 Å². The van der Waals surface area contributed by atoms with Crippen molar-refractivity contribution in [1.29, 1.82) is 0 Å². The monoisotopic (exact) mass is 369 g/mol. The van der Waals surface area contributed by atoms with Crippen LogP contribution < -0.4 is 10.1 Å². The number of nitrogens with zero attached hydrogens (tertiary/aromatic N) is 2. The molecule has 1 aromatic rings. The first-order chi connectivity index (χ1) is 11.6. The average Bonchev–Trinajstić information content (AvgIpc) is 2.89. The van der Waals surface area contributed by atoms with E-state index in [4.69, 9.17) is 4.74 Å². The highest BCUT2D eigenvalue weighted by Gasteiger charge is 2.38. The van der Waals surface area contributed by atoms with Gasteiger partial charge >= 0.3 is 0 Å². The number of hydrogen-bond donors (Lipinski definition) is 1. The Hall–Kier alpha value is -1.64. The highest BCUT2D eigenvalue weighted by Crippen LogP contribution is 2.22. The fourth-order valence-electron chi connectivity index (χ4n) is 3.18. The van der Waals surface area contributed by atoms with Crippen LogP contribution in [0.3, 0.4) is 0 Å². The van der Waals surface area contributed by atoms with Crippen molar-refractivity contribution in [3.63, 3.8) is 0 Å². The van der Waals surface area contributed by atoms with Gasteiger partial charge in [0.25, 0.3) is 5.91 Å². The van der Waals surface area contributed by atoms with Crippen molar-refractivity contribution in [3.8, 4) is 5.75 Å². The number of aryl methyl sites for hydroxylation is 1. The van der Waals surface area contributed by atoms with Gasteiger partial charge in [-0.05, 0) is 44.8 Å². The molecule has 0 aromatic heterocycles. The van der Waals surface area contributed by atoms with Gasteiger partial charge in [-0.15, -0.1) is 0 Å². The lowest BCUT2D eigenvalue weighted by Crippen LogP contribution is -2.43. The largest absolute Gasteiger partial charge is 0.497 e. The fraction of sp³-hybridized carbons (Fsp3) is 0.588. The zero-order valence-electron chi connectivity index (χ0n) is 15.4. The Morgan fingerprint density at radius 2 is 2.04 bits per heavy atom. The Labute approximate surface area is 150 Å². The Balaban J connectivity index is 2.16. The minimum Gasteiger partial charge on any atom is -0.497 e. The molecule has 25 heavy (non-hydrogen) atoms. The van der Waals surface area contributed by atoms with Crippen LogP contribution in [0.2, 0.25) is 0 Å². The first-order valence-corrected chi connectivity index (χ1v) is 10.0. The number of nitrogens with one attached hydrogen (secondary N) is 1. The summed E-state index contributed by atoms with van der Waals surface area (Å²) in [6, 6.07) is 5.07. The maximum Gasteiger partial charge on any atom is 0.251 e. The molecular formula is C17H27N3O4S. The van der Waals surface area contributed by atoms with E-state index in [1.54, 1.807) is 19.2 Å². The number of sulfonamides is 1. The summed E-state index contributed by atoms with van der Waals surface area (Å²) in [5.41, 5.74) is 1.39. The highest BCUT2D eigenvalue weighted by molar-refractivity contribution is 7.88. The van der Waals surface area contributed by atoms with Crippen LogP contribution in [-0.2, 0) is 10.0 Å². The van der Waals surface area contributed by atoms with Crippen LogP contribution in [0, 0.1) is 12.8 Å². The Morgan fingerprint density at radius 1 is 1.36 bits per heavy atom. The number of rotatable bonds is 6. The van der Waals surface area contributed by atoms with Crippen LogP contribution in [0.1, 0.15) is 15.9 Å². The van der Waals surface area contributed by atoms with Crippen molar-refractivity contribution in [3.05, 3.63) is 29.3 Å². The van der Waals surface area contributed by atoms with Crippen molar-refractivity contribution in [2.24, 2.45) is 5.92 Å². The van der Waals surface area contributed by atoms with Gasteiger partial charge in [0.2, 0.25) is 10.0 Å². The normalized spacial score (nSPS) is 21.5. The van der Waals surface area contributed by atoms with Crippen LogP contribution in [0.15, 0.2) is 18.2 Å². The van der Waals surface area contributed by atoms with Gasteiger partial charge in [0, 0.05) is 37.2 Å². The Kier molecular flexibility index (Phi) is 6.08. The van der Waals surface area contributed by atoms with Crippen LogP contribution in [-0.4, -0.2) is 76.7 Å². The van der Waals surface area contributed by atoms with E-state index in [0.29, 0.717) is 30.9 Å². The maximum absolute atomic E-state index is 12.7. The smallest absolute Gasteiger partial charge is 0.251 e. The number of amides is 1. The van der Waals surface area contributed by atoms with Crippen molar-refractivity contribution < 1.29 is 17.9 Å². The summed E-state index contributed by atoms with van der Waals surface area (Å²) in [6.45, 7) is 3.28. The third-order valence-electron chi connectivity index (χ3n) is 4.47. The molecule has 0 unspecified atom stereocenters. The van der Waals surface area contributed by atoms with Crippen LogP contribution in [0.25, 0.3) is 0 Å². The van der Waals surface area contributed by atoms with Gasteiger partial charge in [0.1, 0.15) is 5.75 Å². The Morgan fingerprint density at radius 3 is 2.56 bits per heavy atom. The molecule has 1 aliphatic rings. The molecule has 1 fully saturated rings. The van der Waals surface area contributed by atoms with Crippen LogP contribution in [0.4, 0.5) is 0 Å². The molecule has 7 nitrogen and oxygen atoms in total. The Bertz CT molecular complexity index is 733. The zero-order chi connectivity index (χ0) is 18.8. The van der Waals surface area contributed by atoms with Gasteiger partial charge in [0.05, 0.1) is 13.4 Å². The molecule has 2 atom stereocenters. The average molecular weight is 369 g/mol. The lowest BCUT2D eigenvalue weighted by Gasteiger charge is -2.23. The molecule has 1 aliphatic heterocycles. The summed E-state index contributed by atoms with van der Waals surface area (Å²) in [7, 11) is 2.19. The number of methoxy groups -OCH3 is 1. The number of ether oxygens (including phenoxy) is 1. The topological polar surface area (TPSA) is 79.0 Å². The minimum absolute atomic E-state index is 0.0484. The third-order valence-corrected chi connectivity index (χ3v) is 5.71. The molecule has 1 N–H and O–H groups in total. The SMILES string of the molecule is COc1ccc(C(=O)N[C@@H]2CN(S(C)(=O)=O)C[C@H]2CN(C)C)c(C)c1. The van der Waals surface area contributed by atoms with E-state index in [1.165, 1.54) is 10.6 Å². The molecule has 1 saturated heterocycles. The molecule has 0 saturated carbocycles. The summed E-state index contributed by atoms with van der Waals surface area (Å²) in [6.07, 6.45) is 1.21. The van der Waals surface area contributed by atoms with E-state index in [-0.39, 0.29) is 17.9 Å². The quantitative estimate of drug-likeness (QED) is 0.792. The van der Waals surface area contributed by atoms with Gasteiger partial charge in [-0.1, -0.05) is 0 Å². The molecular weight excluding hydrogens is 342 g/mol. The lowest BCUT2D eigenvalue weighted by atomic mass is 10.0. The number of hydrogen-bond acceptors (Lipinski definition) is 5. The molecule has 1 aromatic carbocycles. The molecule has 1 amide bonds. The minimum atomic E-state index is -3.27. The number of carbonyl (C=O) groups is 1. The van der Waals surface area contributed by atoms with E-state index in [1.807, 2.05) is 32.0 Å². The molecule has 8 heteroatoms. The molecule has 0 aliphatic carbocycles. The second-order valence-electron chi connectivity index (χ2n) is 6.86. The first kappa shape index (κ1) is 19.7. The third kappa shape index (κ3) is 4.93. The fourth-order valence-corrected chi connectivity index (χ4v) is 4.08. The van der Waals surface area contributed by atoms with Crippen molar-refractivity contribution in [2.75, 3.05) is 47.1 Å². The summed E-state index contributed by atoms with van der Waals surface area (Å²) in [4.78, 5) is 14.7. The molecule has 0 spiro atoms. The van der Waals surface area contributed by atoms with E-state index in [2.05, 4.69) is 5.32 Å². The van der Waals surface area contributed by atoms with Crippen molar-refractivity contribution in [1.82, 2.24) is 14.5 Å². The van der Waals surface area contributed by atoms with E-state index in [0.717, 1.165) is 5.56 Å². The van der Waals surface area contributed by atoms with E-state index in [9.17, 15) is 13.2 Å². The molecule has 0 bridgehead atoms. The summed E-state index contributed by atoms with van der Waals surface area (Å²) in [5.74, 6) is 0.556. The summed E-state index contributed by atoms with van der Waals surface area (Å²) < 4.78 is 30.4. The lowest BCUT2D eigenvalue weighted by molar-refractivity contribution is 0.0926. The van der Waals surface area contributed by atoms with E-state index < -0.39 is 10.0 Å². The molecule has 140 valence electrons. The number of benzene rings is 1. The molecule has 2 rings (SSSR count). The van der Waals surface area contributed by atoms with Crippen LogP contribution >= 0.6 is 0 Å². The summed E-state index contributed by atoms with van der Waals surface area (Å²) >= 11 is 0. The molecule has 1 heterocycles. The number of carbonyl (C=O) groups excluding carboxylic acids is 1. The predicted octanol–water partition coefficient (Wildman–Crippen LogP) is 0.555. The van der Waals surface area contributed by atoms with Gasteiger partial charge in [-0.2, -0.15) is 4.31 Å². The maximum atomic E-state index is 12.7. The molecule has 0 radical (unpaired) electrons. The van der Waals surface area contributed by atoms with Gasteiger partial charge in [-0.3, -0.25) is 4.79 Å². The van der Waals surface area contributed by atoms with Crippen molar-refractivity contribution in [2.45, 2.75) is 13.0 Å². The van der Waals surface area contributed by atoms with E-state index >= 15 is 0 Å².